The van der Waals surface area contributed by atoms with Crippen LogP contribution in [-0.2, 0) is 0 Å². The topological polar surface area (TPSA) is 50.4 Å². The van der Waals surface area contributed by atoms with Crippen LogP contribution in [0, 0.1) is 0 Å². The van der Waals surface area contributed by atoms with E-state index >= 15 is 0 Å². The van der Waals surface area contributed by atoms with Crippen molar-refractivity contribution in [3.63, 3.8) is 0 Å². The van der Waals surface area contributed by atoms with Crippen molar-refractivity contribution in [3.8, 4) is 5.75 Å². The highest BCUT2D eigenvalue weighted by molar-refractivity contribution is 5.77. The molecule has 1 N–H and O–H groups in total. The van der Waals surface area contributed by atoms with Gasteiger partial charge in [-0.1, -0.05) is 12.8 Å². The molecule has 0 spiro atoms. The van der Waals surface area contributed by atoms with Gasteiger partial charge in [0.15, 0.2) is 5.43 Å². The van der Waals surface area contributed by atoms with E-state index in [1.54, 1.807) is 12.1 Å². The number of aromatic hydroxyl groups is 1. The van der Waals surface area contributed by atoms with E-state index in [4.69, 9.17) is 4.42 Å². The lowest BCUT2D eigenvalue weighted by Crippen LogP contribution is -2.04. The molecule has 1 fully saturated rings. The number of hydrogen-bond donors (Lipinski definition) is 1. The van der Waals surface area contributed by atoms with Crippen LogP contribution in [0.1, 0.15) is 37.4 Å². The zero-order valence-electron chi connectivity index (χ0n) is 9.48. The average Bonchev–Trinajstić information content (AvgIpc) is 2.81. The Morgan fingerprint density at radius 3 is 2.71 bits per heavy atom. The quantitative estimate of drug-likeness (QED) is 0.818. The normalized spacial score (nSPS) is 16.7. The maximum absolute atomic E-state index is 11.9. The third-order valence-corrected chi connectivity index (χ3v) is 3.49. The third-order valence-electron chi connectivity index (χ3n) is 3.49. The summed E-state index contributed by atoms with van der Waals surface area (Å²) in [5, 5.41) is 9.95. The number of benzene rings is 1. The fourth-order valence-electron chi connectivity index (χ4n) is 2.57. The molecule has 3 heteroatoms. The van der Waals surface area contributed by atoms with Crippen molar-refractivity contribution in [2.75, 3.05) is 0 Å². The van der Waals surface area contributed by atoms with Crippen molar-refractivity contribution in [1.82, 2.24) is 0 Å². The van der Waals surface area contributed by atoms with Gasteiger partial charge in [0.25, 0.3) is 0 Å². The maximum Gasteiger partial charge on any atom is 0.192 e. The van der Waals surface area contributed by atoms with E-state index in [9.17, 15) is 9.90 Å². The number of fused-ring (bicyclic) bond motifs is 1. The van der Waals surface area contributed by atoms with Crippen molar-refractivity contribution in [2.45, 2.75) is 31.6 Å². The molecule has 1 aromatic heterocycles. The summed E-state index contributed by atoms with van der Waals surface area (Å²) in [5.74, 6) is 1.27. The Morgan fingerprint density at radius 2 is 1.94 bits per heavy atom. The van der Waals surface area contributed by atoms with E-state index in [1.165, 1.54) is 25.0 Å². The van der Waals surface area contributed by atoms with Crippen LogP contribution in [0.2, 0.25) is 0 Å². The second-order valence-electron chi connectivity index (χ2n) is 4.67. The molecule has 0 unspecified atom stereocenters. The molecule has 0 atom stereocenters. The molecule has 2 aromatic rings. The van der Waals surface area contributed by atoms with Gasteiger partial charge < -0.3 is 9.52 Å². The van der Waals surface area contributed by atoms with Gasteiger partial charge >= 0.3 is 0 Å². The zero-order chi connectivity index (χ0) is 11.8. The van der Waals surface area contributed by atoms with Crippen LogP contribution in [0.15, 0.2) is 33.5 Å². The molecule has 3 rings (SSSR count). The van der Waals surface area contributed by atoms with Gasteiger partial charge in [-0.2, -0.15) is 0 Å². The molecule has 1 aromatic carbocycles. The van der Waals surface area contributed by atoms with Gasteiger partial charge in [-0.25, -0.2) is 0 Å². The summed E-state index contributed by atoms with van der Waals surface area (Å²) in [6, 6.07) is 6.23. The third kappa shape index (κ3) is 1.82. The largest absolute Gasteiger partial charge is 0.508 e. The van der Waals surface area contributed by atoms with Gasteiger partial charge in [0, 0.05) is 18.1 Å². The average molecular weight is 230 g/mol. The minimum atomic E-state index is -0.0202. The Labute approximate surface area is 98.7 Å². The van der Waals surface area contributed by atoms with Crippen LogP contribution >= 0.6 is 0 Å². The van der Waals surface area contributed by atoms with Crippen LogP contribution in [0.4, 0.5) is 0 Å². The fraction of sp³-hybridized carbons (Fsp3) is 0.357. The van der Waals surface area contributed by atoms with Crippen LogP contribution in [0.3, 0.4) is 0 Å². The minimum absolute atomic E-state index is 0.0202. The summed E-state index contributed by atoms with van der Waals surface area (Å²) >= 11 is 0. The SMILES string of the molecule is O=c1cc(C2CCCC2)oc2cc(O)ccc12. The Hall–Kier alpha value is -1.77. The lowest BCUT2D eigenvalue weighted by molar-refractivity contribution is 0.465. The standard InChI is InChI=1S/C14H14O3/c15-10-5-6-11-12(16)8-13(17-14(11)7-10)9-3-1-2-4-9/h5-9,15H,1-4H2. The molecule has 0 radical (unpaired) electrons. The summed E-state index contributed by atoms with van der Waals surface area (Å²) in [6.07, 6.45) is 4.58. The molecular weight excluding hydrogens is 216 g/mol. The summed E-state index contributed by atoms with van der Waals surface area (Å²) in [6.45, 7) is 0. The Kier molecular flexibility index (Phi) is 2.39. The molecule has 3 nitrogen and oxygen atoms in total. The van der Waals surface area contributed by atoms with Gasteiger partial charge in [-0.15, -0.1) is 0 Å². The highest BCUT2D eigenvalue weighted by atomic mass is 16.3. The first-order valence-electron chi connectivity index (χ1n) is 6.01. The first kappa shape index (κ1) is 10.4. The van der Waals surface area contributed by atoms with Crippen LogP contribution in [0.5, 0.6) is 5.75 Å². The van der Waals surface area contributed by atoms with Crippen molar-refractivity contribution in [1.29, 1.82) is 0 Å². The summed E-state index contributed by atoms with van der Waals surface area (Å²) in [4.78, 5) is 11.9. The Morgan fingerprint density at radius 1 is 1.18 bits per heavy atom. The Balaban J connectivity index is 2.18. The first-order chi connectivity index (χ1) is 8.24. The molecule has 1 saturated carbocycles. The van der Waals surface area contributed by atoms with Gasteiger partial charge in [0.2, 0.25) is 0 Å². The monoisotopic (exact) mass is 230 g/mol. The first-order valence-corrected chi connectivity index (χ1v) is 6.01. The van der Waals surface area contributed by atoms with Crippen molar-refractivity contribution in [3.05, 3.63) is 40.2 Å². The van der Waals surface area contributed by atoms with Crippen LogP contribution in [-0.4, -0.2) is 5.11 Å². The highest BCUT2D eigenvalue weighted by Crippen LogP contribution is 2.34. The molecule has 17 heavy (non-hydrogen) atoms. The molecule has 0 amide bonds. The van der Waals surface area contributed by atoms with Crippen molar-refractivity contribution >= 4 is 11.0 Å². The zero-order valence-corrected chi connectivity index (χ0v) is 9.48. The predicted molar refractivity (Wildman–Crippen MR) is 65.4 cm³/mol. The molecule has 88 valence electrons. The van der Waals surface area contributed by atoms with Crippen LogP contribution < -0.4 is 5.43 Å². The molecule has 1 aliphatic rings. The summed E-state index contributed by atoms with van der Waals surface area (Å²) in [7, 11) is 0. The lowest BCUT2D eigenvalue weighted by atomic mass is 10.0. The molecule has 0 saturated heterocycles. The minimum Gasteiger partial charge on any atom is -0.508 e. The van der Waals surface area contributed by atoms with E-state index in [2.05, 4.69) is 0 Å². The van der Waals surface area contributed by atoms with E-state index in [-0.39, 0.29) is 11.2 Å². The molecule has 0 aliphatic heterocycles. The van der Waals surface area contributed by atoms with Gasteiger partial charge in [-0.05, 0) is 25.0 Å². The van der Waals surface area contributed by atoms with E-state index < -0.39 is 0 Å². The van der Waals surface area contributed by atoms with E-state index in [0.717, 1.165) is 18.6 Å². The van der Waals surface area contributed by atoms with Crippen molar-refractivity contribution < 1.29 is 9.52 Å². The van der Waals surface area contributed by atoms with Gasteiger partial charge in [0.1, 0.15) is 17.1 Å². The Bertz CT molecular complexity index is 606. The predicted octanol–water partition coefficient (Wildman–Crippen LogP) is 3.16. The van der Waals surface area contributed by atoms with E-state index in [0.29, 0.717) is 16.9 Å². The second kappa shape index (κ2) is 3.91. The smallest absolute Gasteiger partial charge is 0.192 e. The fourth-order valence-corrected chi connectivity index (χ4v) is 2.57. The summed E-state index contributed by atoms with van der Waals surface area (Å²) < 4.78 is 5.75. The number of hydrogen-bond acceptors (Lipinski definition) is 3. The number of phenolic OH excluding ortho intramolecular Hbond substituents is 1. The van der Waals surface area contributed by atoms with Gasteiger partial charge in [-0.3, -0.25) is 4.79 Å². The number of phenols is 1. The second-order valence-corrected chi connectivity index (χ2v) is 4.67. The van der Waals surface area contributed by atoms with Crippen LogP contribution in [0.25, 0.3) is 11.0 Å². The van der Waals surface area contributed by atoms with Crippen molar-refractivity contribution in [2.24, 2.45) is 0 Å². The molecule has 1 aliphatic carbocycles. The highest BCUT2D eigenvalue weighted by Gasteiger charge is 2.20. The molecule has 1 heterocycles. The van der Waals surface area contributed by atoms with E-state index in [1.807, 2.05) is 0 Å². The molecular formula is C14H14O3. The molecule has 0 bridgehead atoms. The summed E-state index contributed by atoms with van der Waals surface area (Å²) in [5.41, 5.74) is 0.465. The lowest BCUT2D eigenvalue weighted by Gasteiger charge is -2.08. The number of rotatable bonds is 1. The maximum atomic E-state index is 11.9. The van der Waals surface area contributed by atoms with Gasteiger partial charge in [0.05, 0.1) is 5.39 Å².